The van der Waals surface area contributed by atoms with Crippen molar-refractivity contribution >= 4 is 56.1 Å². The van der Waals surface area contributed by atoms with E-state index in [0.29, 0.717) is 58.3 Å². The Kier molecular flexibility index (Phi) is 11.5. The number of amides is 3. The normalized spacial score (nSPS) is 16.8. The number of carbonyl (C=O) groups excluding carboxylic acids is 3. The van der Waals surface area contributed by atoms with Crippen LogP contribution in [-0.2, 0) is 30.8 Å². The van der Waals surface area contributed by atoms with Crippen molar-refractivity contribution in [3.05, 3.63) is 130 Å². The van der Waals surface area contributed by atoms with E-state index in [9.17, 15) is 14.4 Å². The maximum Gasteiger partial charge on any atom is 0.262 e. The molecule has 60 heavy (non-hydrogen) atoms. The zero-order valence-electron chi connectivity index (χ0n) is 34.1. The molecular formula is C46H47N6O7P. The summed E-state index contributed by atoms with van der Waals surface area (Å²) in [6.45, 7) is 2.00. The van der Waals surface area contributed by atoms with Gasteiger partial charge in [0.1, 0.15) is 19.4 Å². The molecule has 4 atom stereocenters. The summed E-state index contributed by atoms with van der Waals surface area (Å²) < 4.78 is 26.2. The predicted molar refractivity (Wildman–Crippen MR) is 236 cm³/mol. The molecule has 0 fully saturated rings. The van der Waals surface area contributed by atoms with Crippen LogP contribution in [0.25, 0.3) is 0 Å². The Balaban J connectivity index is 1.03. The summed E-state index contributed by atoms with van der Waals surface area (Å²) in [5, 5.41) is 5.97. The number of methoxy groups -OCH3 is 2. The average molecular weight is 827 g/mol. The molecule has 3 heterocycles. The lowest BCUT2D eigenvalue weighted by Crippen LogP contribution is -2.50. The van der Waals surface area contributed by atoms with E-state index in [1.807, 2.05) is 76.3 Å². The van der Waals surface area contributed by atoms with Crippen LogP contribution in [0, 0.1) is 0 Å². The third kappa shape index (κ3) is 7.62. The van der Waals surface area contributed by atoms with Crippen molar-refractivity contribution in [1.82, 2.24) is 5.32 Å². The largest absolute Gasteiger partial charge is 0.493 e. The Labute approximate surface area is 351 Å². The third-order valence-corrected chi connectivity index (χ3v) is 11.8. The number of nitrogens with zero attached hydrogens (tertiary/aromatic N) is 4. The molecule has 3 aliphatic rings. The fraction of sp³-hybridized carbons (Fsp3) is 0.261. The summed E-state index contributed by atoms with van der Waals surface area (Å²) in [6.07, 6.45) is 2.99. The topological polar surface area (TPSA) is 134 Å². The third-order valence-electron chi connectivity index (χ3n) is 11.2. The van der Waals surface area contributed by atoms with Crippen LogP contribution in [0.15, 0.2) is 102 Å². The smallest absolute Gasteiger partial charge is 0.262 e. The molecule has 8 rings (SSSR count). The highest BCUT2D eigenvalue weighted by atomic mass is 31.0. The van der Waals surface area contributed by atoms with E-state index in [2.05, 4.69) is 31.1 Å². The summed E-state index contributed by atoms with van der Waals surface area (Å²) in [5.41, 5.74) is 7.71. The molecule has 4 unspecified atom stereocenters. The van der Waals surface area contributed by atoms with E-state index in [0.717, 1.165) is 33.6 Å². The summed E-state index contributed by atoms with van der Waals surface area (Å²) in [6, 6.07) is 29.5. The first-order valence-corrected chi connectivity index (χ1v) is 20.2. The maximum atomic E-state index is 14.0. The average Bonchev–Trinajstić information content (AvgIpc) is 3.85. The summed E-state index contributed by atoms with van der Waals surface area (Å²) >= 11 is 0. The predicted octanol–water partition coefficient (Wildman–Crippen LogP) is 6.82. The number of benzene rings is 5. The Morgan fingerprint density at radius 2 is 1.47 bits per heavy atom. The number of carbonyl (C=O) groups is 3. The van der Waals surface area contributed by atoms with Crippen molar-refractivity contribution < 1.29 is 33.3 Å². The summed E-state index contributed by atoms with van der Waals surface area (Å²) in [5.74, 6) is 1.24. The molecule has 3 aliphatic heterocycles. The van der Waals surface area contributed by atoms with Crippen molar-refractivity contribution in [2.45, 2.75) is 51.2 Å². The van der Waals surface area contributed by atoms with Crippen LogP contribution in [0.4, 0.5) is 22.7 Å². The number of ether oxygens (including phenoxy) is 4. The molecule has 0 aromatic heterocycles. The van der Waals surface area contributed by atoms with Crippen LogP contribution in [-0.4, -0.2) is 70.5 Å². The van der Waals surface area contributed by atoms with Crippen LogP contribution in [0.2, 0.25) is 0 Å². The van der Waals surface area contributed by atoms with Gasteiger partial charge in [-0.1, -0.05) is 36.4 Å². The summed E-state index contributed by atoms with van der Waals surface area (Å²) in [4.78, 5) is 48.7. The highest BCUT2D eigenvalue weighted by Crippen LogP contribution is 2.46. The van der Waals surface area contributed by atoms with Gasteiger partial charge in [-0.15, -0.1) is 0 Å². The number of likely N-dealkylation sites (N-methyl/N-ethyl adjacent to an activating group) is 1. The lowest BCUT2D eigenvalue weighted by Gasteiger charge is -2.40. The van der Waals surface area contributed by atoms with Gasteiger partial charge in [-0.2, -0.15) is 0 Å². The number of rotatable bonds is 13. The molecule has 13 nitrogen and oxygen atoms in total. The highest BCUT2D eigenvalue weighted by molar-refractivity contribution is 7.19. The van der Waals surface area contributed by atoms with Gasteiger partial charge >= 0.3 is 0 Å². The number of aliphatic imine (C=N–C) groups is 1. The minimum Gasteiger partial charge on any atom is -0.493 e. The second-order valence-electron chi connectivity index (χ2n) is 14.9. The SMILES string of the molecule is CN=CC1Cc2ccccc2N1C(=O)c1ccc(OCc2cc(COc3cc4c(cc3OC)C(=O)N3c5ccccc5CC3N4P)cc(NC(=O)C(C)NC)c2)c(OC)c1. The van der Waals surface area contributed by atoms with E-state index in [-0.39, 0.29) is 43.1 Å². The van der Waals surface area contributed by atoms with Crippen LogP contribution in [0.1, 0.15) is 49.9 Å². The van der Waals surface area contributed by atoms with E-state index >= 15 is 0 Å². The van der Waals surface area contributed by atoms with Gasteiger partial charge < -0.3 is 34.3 Å². The van der Waals surface area contributed by atoms with Gasteiger partial charge in [0.05, 0.1) is 37.6 Å². The molecule has 0 bridgehead atoms. The van der Waals surface area contributed by atoms with Crippen molar-refractivity contribution in [3.8, 4) is 23.0 Å². The minimum atomic E-state index is -0.436. The molecule has 0 aliphatic carbocycles. The van der Waals surface area contributed by atoms with E-state index in [1.54, 1.807) is 63.5 Å². The van der Waals surface area contributed by atoms with Gasteiger partial charge in [0.2, 0.25) is 5.91 Å². The zero-order chi connectivity index (χ0) is 42.1. The second-order valence-corrected chi connectivity index (χ2v) is 15.4. The summed E-state index contributed by atoms with van der Waals surface area (Å²) in [7, 11) is 9.28. The van der Waals surface area contributed by atoms with Gasteiger partial charge in [-0.05, 0) is 100 Å². The number of para-hydroxylation sites is 2. The first-order chi connectivity index (χ1) is 29.1. The number of hydrogen-bond donors (Lipinski definition) is 2. The number of fused-ring (bicyclic) bond motifs is 5. The van der Waals surface area contributed by atoms with Crippen molar-refractivity contribution in [3.63, 3.8) is 0 Å². The zero-order valence-corrected chi connectivity index (χ0v) is 35.3. The lowest BCUT2D eigenvalue weighted by atomic mass is 10.1. The van der Waals surface area contributed by atoms with Crippen molar-refractivity contribution in [2.75, 3.05) is 48.1 Å². The molecule has 14 heteroatoms. The first kappa shape index (κ1) is 40.4. The van der Waals surface area contributed by atoms with Gasteiger partial charge in [0.15, 0.2) is 23.0 Å². The molecule has 0 saturated heterocycles. The molecule has 2 N–H and O–H groups in total. The molecule has 5 aromatic rings. The maximum absolute atomic E-state index is 14.0. The standard InChI is InChI=1S/C46H47N6O7P/c1-27(48-3)44(53)49-33-17-28(25-58-39-15-14-32(20-40(39)56-4)45(54)50-34(24-47-2)19-30-10-6-8-12-36(30)50)16-29(18-33)26-59-42-23-38-35(22-41(42)57-5)46(55)51-37-13-9-7-11-31(37)21-43(51)52(38)60/h6-18,20,22-24,27,34,43,48H,19,21,25-26,60H2,1-5H3,(H,49,53). The Hall–Kier alpha value is -6.43. The molecule has 5 aromatic carbocycles. The fourth-order valence-electron chi connectivity index (χ4n) is 8.06. The number of nitrogens with one attached hydrogen (secondary N) is 2. The first-order valence-electron chi connectivity index (χ1n) is 19.7. The molecule has 3 amide bonds. The quantitative estimate of drug-likeness (QED) is 0.0970. The number of anilines is 4. The molecule has 308 valence electrons. The minimum absolute atomic E-state index is 0.0989. The molecule has 0 radical (unpaired) electrons. The van der Waals surface area contributed by atoms with E-state index < -0.39 is 6.04 Å². The van der Waals surface area contributed by atoms with Gasteiger partial charge in [0.25, 0.3) is 11.8 Å². The van der Waals surface area contributed by atoms with Crippen LogP contribution in [0.3, 0.4) is 0 Å². The lowest BCUT2D eigenvalue weighted by molar-refractivity contribution is -0.117. The second kappa shape index (κ2) is 17.0. The van der Waals surface area contributed by atoms with Gasteiger partial charge in [-0.3, -0.25) is 29.2 Å². The Bertz CT molecular complexity index is 2510. The van der Waals surface area contributed by atoms with Crippen LogP contribution in [0.5, 0.6) is 23.0 Å². The van der Waals surface area contributed by atoms with Crippen molar-refractivity contribution in [2.24, 2.45) is 4.99 Å². The number of hydrogen-bond acceptors (Lipinski definition) is 10. The Morgan fingerprint density at radius 3 is 2.15 bits per heavy atom. The van der Waals surface area contributed by atoms with Crippen LogP contribution >= 0.6 is 9.39 Å². The van der Waals surface area contributed by atoms with E-state index in [1.165, 1.54) is 7.11 Å². The fourth-order valence-corrected chi connectivity index (χ4v) is 8.51. The highest BCUT2D eigenvalue weighted by Gasteiger charge is 2.43. The molecule has 0 saturated carbocycles. The van der Waals surface area contributed by atoms with Crippen molar-refractivity contribution in [1.29, 1.82) is 0 Å². The monoisotopic (exact) mass is 826 g/mol. The van der Waals surface area contributed by atoms with Crippen LogP contribution < -0.4 is 44.1 Å². The Morgan fingerprint density at radius 1 is 0.817 bits per heavy atom. The molecule has 0 spiro atoms. The van der Waals surface area contributed by atoms with Gasteiger partial charge in [0, 0.05) is 54.8 Å². The molecular weight excluding hydrogens is 780 g/mol. The van der Waals surface area contributed by atoms with E-state index in [4.69, 9.17) is 18.9 Å². The van der Waals surface area contributed by atoms with Gasteiger partial charge in [-0.25, -0.2) is 0 Å².